The van der Waals surface area contributed by atoms with Gasteiger partial charge in [0.05, 0.1) is 0 Å². The van der Waals surface area contributed by atoms with Crippen LogP contribution < -0.4 is 4.90 Å². The van der Waals surface area contributed by atoms with Crippen LogP contribution in [-0.2, 0) is 6.54 Å². The smallest absolute Gasteiger partial charge is 0.0491 e. The Bertz CT molecular complexity index is 1900. The molecule has 0 saturated carbocycles. The number of para-hydroxylation sites is 2. The second kappa shape index (κ2) is 10.2. The van der Waals surface area contributed by atoms with Crippen molar-refractivity contribution in [3.63, 3.8) is 0 Å². The van der Waals surface area contributed by atoms with Gasteiger partial charge in [-0.05, 0) is 83.8 Å². The molecule has 7 aromatic rings. The predicted molar refractivity (Wildman–Crippen MR) is 171 cm³/mol. The van der Waals surface area contributed by atoms with Crippen LogP contribution in [0.25, 0.3) is 44.1 Å². The Morgan fingerprint density at radius 2 is 0.900 bits per heavy atom. The number of hydrogen-bond acceptors (Lipinski definition) is 1. The average molecular weight is 515 g/mol. The number of aryl methyl sites for hydroxylation is 1. The molecule has 0 N–H and O–H groups in total. The van der Waals surface area contributed by atoms with Gasteiger partial charge in [-0.25, -0.2) is 0 Å². The number of fused-ring (bicyclic) bond motifs is 3. The Morgan fingerprint density at radius 3 is 1.55 bits per heavy atom. The molecular formula is C38H30N2. The van der Waals surface area contributed by atoms with Crippen LogP contribution in [0, 0.1) is 0 Å². The molecule has 0 aliphatic heterocycles. The zero-order chi connectivity index (χ0) is 26.9. The molecule has 0 amide bonds. The molecule has 0 fully saturated rings. The van der Waals surface area contributed by atoms with E-state index in [1.54, 1.807) is 0 Å². The van der Waals surface area contributed by atoms with Crippen molar-refractivity contribution in [3.8, 4) is 22.3 Å². The van der Waals surface area contributed by atoms with Gasteiger partial charge in [0.2, 0.25) is 0 Å². The Kier molecular flexibility index (Phi) is 6.14. The molecule has 1 aromatic heterocycles. The summed E-state index contributed by atoms with van der Waals surface area (Å²) >= 11 is 0. The topological polar surface area (TPSA) is 8.17 Å². The highest BCUT2D eigenvalue weighted by molar-refractivity contribution is 6.09. The highest BCUT2D eigenvalue weighted by atomic mass is 15.1. The molecule has 2 nitrogen and oxygen atoms in total. The highest BCUT2D eigenvalue weighted by Gasteiger charge is 2.14. The van der Waals surface area contributed by atoms with Crippen LogP contribution in [0.5, 0.6) is 0 Å². The maximum absolute atomic E-state index is 2.40. The molecule has 7 rings (SSSR count). The fourth-order valence-electron chi connectivity index (χ4n) is 5.83. The minimum atomic E-state index is 0.958. The zero-order valence-electron chi connectivity index (χ0n) is 22.5. The SMILES string of the molecule is CCn1c2ccccc2c2cc(-c3ccc(N(c4ccccc4)c4ccc(-c5ccccc5)cc4)cc3)ccc21. The average Bonchev–Trinajstić information content (AvgIpc) is 3.36. The lowest BCUT2D eigenvalue weighted by Gasteiger charge is -2.26. The Balaban J connectivity index is 1.26. The number of benzene rings is 6. The molecule has 0 unspecified atom stereocenters. The fourth-order valence-corrected chi connectivity index (χ4v) is 5.83. The van der Waals surface area contributed by atoms with E-state index in [-0.39, 0.29) is 0 Å². The van der Waals surface area contributed by atoms with Crippen molar-refractivity contribution < 1.29 is 0 Å². The molecule has 0 saturated heterocycles. The van der Waals surface area contributed by atoms with E-state index in [9.17, 15) is 0 Å². The van der Waals surface area contributed by atoms with Crippen LogP contribution in [0.15, 0.2) is 152 Å². The standard InChI is InChI=1S/C38H30N2/c1-2-39-37-16-10-9-15-35(37)36-27-31(21-26-38(36)39)30-19-24-34(25-20-30)40(32-13-7-4-8-14-32)33-22-17-29(18-23-33)28-11-5-3-6-12-28/h3-27H,2H2,1H3. The van der Waals surface area contributed by atoms with E-state index in [4.69, 9.17) is 0 Å². The third-order valence-corrected chi connectivity index (χ3v) is 7.79. The summed E-state index contributed by atoms with van der Waals surface area (Å²) < 4.78 is 2.40. The second-order valence-electron chi connectivity index (χ2n) is 10.1. The molecule has 0 atom stereocenters. The van der Waals surface area contributed by atoms with Gasteiger partial charge in [-0.3, -0.25) is 0 Å². The summed E-state index contributed by atoms with van der Waals surface area (Å²) in [5.74, 6) is 0. The Morgan fingerprint density at radius 1 is 0.425 bits per heavy atom. The highest BCUT2D eigenvalue weighted by Crippen LogP contribution is 2.37. The lowest BCUT2D eigenvalue weighted by Crippen LogP contribution is -2.09. The summed E-state index contributed by atoms with van der Waals surface area (Å²) in [6.45, 7) is 3.17. The van der Waals surface area contributed by atoms with Gasteiger partial charge in [-0.15, -0.1) is 0 Å². The zero-order valence-corrected chi connectivity index (χ0v) is 22.5. The van der Waals surface area contributed by atoms with Gasteiger partial charge >= 0.3 is 0 Å². The van der Waals surface area contributed by atoms with E-state index in [1.807, 2.05) is 0 Å². The second-order valence-corrected chi connectivity index (χ2v) is 10.1. The van der Waals surface area contributed by atoms with Crippen molar-refractivity contribution in [2.45, 2.75) is 13.5 Å². The molecule has 0 spiro atoms. The van der Waals surface area contributed by atoms with Crippen molar-refractivity contribution in [2.24, 2.45) is 0 Å². The van der Waals surface area contributed by atoms with E-state index in [1.165, 1.54) is 44.1 Å². The summed E-state index contributed by atoms with van der Waals surface area (Å²) in [6, 6.07) is 54.5. The van der Waals surface area contributed by atoms with Crippen LogP contribution in [0.1, 0.15) is 6.92 Å². The van der Waals surface area contributed by atoms with Crippen LogP contribution >= 0.6 is 0 Å². The molecule has 1 heterocycles. The third kappa shape index (κ3) is 4.24. The minimum Gasteiger partial charge on any atom is -0.341 e. The maximum atomic E-state index is 2.40. The molecule has 40 heavy (non-hydrogen) atoms. The number of anilines is 3. The lowest BCUT2D eigenvalue weighted by atomic mass is 10.0. The van der Waals surface area contributed by atoms with Gasteiger partial charge in [0.15, 0.2) is 0 Å². The summed E-state index contributed by atoms with van der Waals surface area (Å²) in [4.78, 5) is 2.32. The van der Waals surface area contributed by atoms with Gasteiger partial charge in [-0.2, -0.15) is 0 Å². The first-order chi connectivity index (χ1) is 19.8. The molecule has 0 aliphatic carbocycles. The first kappa shape index (κ1) is 24.0. The molecule has 2 heteroatoms. The largest absolute Gasteiger partial charge is 0.341 e. The van der Waals surface area contributed by atoms with Crippen LogP contribution in [0.2, 0.25) is 0 Å². The number of aromatic nitrogens is 1. The number of rotatable bonds is 6. The number of hydrogen-bond donors (Lipinski definition) is 0. The Labute approximate surface area is 235 Å². The molecular weight excluding hydrogens is 484 g/mol. The summed E-state index contributed by atoms with van der Waals surface area (Å²) in [6.07, 6.45) is 0. The van der Waals surface area contributed by atoms with Gasteiger partial charge in [-0.1, -0.05) is 97.1 Å². The van der Waals surface area contributed by atoms with E-state index in [0.717, 1.165) is 23.6 Å². The van der Waals surface area contributed by atoms with Crippen molar-refractivity contribution in [1.82, 2.24) is 4.57 Å². The third-order valence-electron chi connectivity index (χ3n) is 7.79. The van der Waals surface area contributed by atoms with Gasteiger partial charge < -0.3 is 9.47 Å². The van der Waals surface area contributed by atoms with E-state index in [2.05, 4.69) is 168 Å². The molecule has 0 radical (unpaired) electrons. The Hall–Kier alpha value is -5.08. The maximum Gasteiger partial charge on any atom is 0.0491 e. The lowest BCUT2D eigenvalue weighted by molar-refractivity contribution is 0.827. The first-order valence-corrected chi connectivity index (χ1v) is 13.9. The summed E-state index contributed by atoms with van der Waals surface area (Å²) in [7, 11) is 0. The van der Waals surface area contributed by atoms with Gasteiger partial charge in [0.1, 0.15) is 0 Å². The van der Waals surface area contributed by atoms with Crippen molar-refractivity contribution >= 4 is 38.9 Å². The molecule has 6 aromatic carbocycles. The van der Waals surface area contributed by atoms with Crippen LogP contribution in [-0.4, -0.2) is 4.57 Å². The molecule has 0 aliphatic rings. The van der Waals surface area contributed by atoms with Crippen molar-refractivity contribution in [1.29, 1.82) is 0 Å². The quantitative estimate of drug-likeness (QED) is 0.214. The van der Waals surface area contributed by atoms with Gasteiger partial charge in [0.25, 0.3) is 0 Å². The predicted octanol–water partition coefficient (Wildman–Crippen LogP) is 10.6. The number of nitrogens with zero attached hydrogens (tertiary/aromatic N) is 2. The summed E-state index contributed by atoms with van der Waals surface area (Å²) in [5, 5.41) is 2.62. The normalized spacial score (nSPS) is 11.2. The van der Waals surface area contributed by atoms with Gasteiger partial charge in [0, 0.05) is 45.4 Å². The molecule has 192 valence electrons. The van der Waals surface area contributed by atoms with Crippen LogP contribution in [0.3, 0.4) is 0 Å². The van der Waals surface area contributed by atoms with Crippen molar-refractivity contribution in [3.05, 3.63) is 152 Å². The summed E-state index contributed by atoms with van der Waals surface area (Å²) in [5.41, 5.74) is 10.9. The van der Waals surface area contributed by atoms with E-state index < -0.39 is 0 Å². The minimum absolute atomic E-state index is 0.958. The molecule has 0 bridgehead atoms. The van der Waals surface area contributed by atoms with Crippen molar-refractivity contribution in [2.75, 3.05) is 4.90 Å². The first-order valence-electron chi connectivity index (χ1n) is 13.9. The van der Waals surface area contributed by atoms with E-state index in [0.29, 0.717) is 0 Å². The fraction of sp³-hybridized carbons (Fsp3) is 0.0526. The van der Waals surface area contributed by atoms with Crippen LogP contribution in [0.4, 0.5) is 17.1 Å². The van der Waals surface area contributed by atoms with E-state index >= 15 is 0 Å². The monoisotopic (exact) mass is 514 g/mol.